The van der Waals surface area contributed by atoms with Gasteiger partial charge in [-0.05, 0) is 49.4 Å². The van der Waals surface area contributed by atoms with E-state index in [1.54, 1.807) is 0 Å². The Kier molecular flexibility index (Phi) is 5.08. The minimum absolute atomic E-state index is 0.0189. The van der Waals surface area contributed by atoms with Gasteiger partial charge in [-0.15, -0.1) is 10.2 Å². The van der Waals surface area contributed by atoms with Crippen molar-refractivity contribution in [3.8, 4) is 0 Å². The smallest absolute Gasteiger partial charge is 0.228 e. The number of hydrogen-bond acceptors (Lipinski definition) is 4. The number of benzene rings is 1. The summed E-state index contributed by atoms with van der Waals surface area (Å²) in [6, 6.07) is 12.2. The van der Waals surface area contributed by atoms with Crippen molar-refractivity contribution in [3.05, 3.63) is 42.0 Å². The number of carbonyl (C=O) groups excluding carboxylic acids is 1. The molecule has 1 aliphatic rings. The van der Waals surface area contributed by atoms with Gasteiger partial charge in [0.25, 0.3) is 0 Å². The highest BCUT2D eigenvalue weighted by atomic mass is 16.1. The third kappa shape index (κ3) is 3.40. The molecule has 1 amide bonds. The van der Waals surface area contributed by atoms with E-state index in [9.17, 15) is 4.79 Å². The zero-order valence-electron chi connectivity index (χ0n) is 14.3. The summed E-state index contributed by atoms with van der Waals surface area (Å²) >= 11 is 0. The van der Waals surface area contributed by atoms with Gasteiger partial charge in [0.15, 0.2) is 11.6 Å². The van der Waals surface area contributed by atoms with E-state index >= 15 is 0 Å². The second-order valence-corrected chi connectivity index (χ2v) is 6.16. The molecule has 0 radical (unpaired) electrons. The maximum Gasteiger partial charge on any atom is 0.228 e. The first-order valence-corrected chi connectivity index (χ1v) is 8.73. The highest BCUT2D eigenvalue weighted by Crippen LogP contribution is 2.32. The SMILES string of the molecule is CCC(CC)C(=O)Nc1ccc(N2CCCc3ccccc32)nn1. The molecule has 2 heterocycles. The molecule has 0 fully saturated rings. The Morgan fingerprint density at radius 1 is 1.17 bits per heavy atom. The fourth-order valence-electron chi connectivity index (χ4n) is 3.20. The van der Waals surface area contributed by atoms with Crippen LogP contribution in [0.1, 0.15) is 38.7 Å². The van der Waals surface area contributed by atoms with Gasteiger partial charge >= 0.3 is 0 Å². The molecule has 5 nitrogen and oxygen atoms in total. The third-order valence-corrected chi connectivity index (χ3v) is 4.64. The van der Waals surface area contributed by atoms with Crippen LogP contribution in [0.3, 0.4) is 0 Å². The molecule has 0 saturated heterocycles. The van der Waals surface area contributed by atoms with Gasteiger partial charge in [0.2, 0.25) is 5.91 Å². The zero-order valence-corrected chi connectivity index (χ0v) is 14.3. The summed E-state index contributed by atoms with van der Waals surface area (Å²) < 4.78 is 0. The van der Waals surface area contributed by atoms with Crippen LogP contribution in [0.25, 0.3) is 0 Å². The Morgan fingerprint density at radius 3 is 2.67 bits per heavy atom. The Morgan fingerprint density at radius 2 is 1.96 bits per heavy atom. The van der Waals surface area contributed by atoms with Crippen LogP contribution < -0.4 is 10.2 Å². The fraction of sp³-hybridized carbons (Fsp3) is 0.421. The van der Waals surface area contributed by atoms with Crippen LogP contribution >= 0.6 is 0 Å². The summed E-state index contributed by atoms with van der Waals surface area (Å²) in [5, 5.41) is 11.4. The Labute approximate surface area is 143 Å². The van der Waals surface area contributed by atoms with E-state index in [4.69, 9.17) is 0 Å². The third-order valence-electron chi connectivity index (χ3n) is 4.64. The van der Waals surface area contributed by atoms with E-state index in [0.29, 0.717) is 5.82 Å². The fourth-order valence-corrected chi connectivity index (χ4v) is 3.20. The van der Waals surface area contributed by atoms with Gasteiger partial charge in [0.05, 0.1) is 0 Å². The Bertz CT molecular complexity index is 695. The van der Waals surface area contributed by atoms with Crippen LogP contribution in [0.4, 0.5) is 17.3 Å². The van der Waals surface area contributed by atoms with Gasteiger partial charge in [0, 0.05) is 18.2 Å². The molecule has 0 atom stereocenters. The standard InChI is InChI=1S/C19H24N4O/c1-3-14(4-2)19(24)20-17-11-12-18(22-21-17)23-13-7-9-15-8-5-6-10-16(15)23/h5-6,8,10-12,14H,3-4,7,9,13H2,1-2H3,(H,20,21,24). The number of nitrogens with zero attached hydrogens (tertiary/aromatic N) is 3. The number of hydrogen-bond donors (Lipinski definition) is 1. The topological polar surface area (TPSA) is 58.1 Å². The largest absolute Gasteiger partial charge is 0.325 e. The summed E-state index contributed by atoms with van der Waals surface area (Å²) in [4.78, 5) is 14.3. The van der Waals surface area contributed by atoms with E-state index < -0.39 is 0 Å². The Hall–Kier alpha value is -2.43. The maximum absolute atomic E-state index is 12.1. The molecular weight excluding hydrogens is 300 g/mol. The maximum atomic E-state index is 12.1. The molecule has 0 bridgehead atoms. The molecule has 5 heteroatoms. The van der Waals surface area contributed by atoms with Crippen molar-refractivity contribution in [1.29, 1.82) is 0 Å². The summed E-state index contributed by atoms with van der Waals surface area (Å²) in [5.74, 6) is 1.38. The van der Waals surface area contributed by atoms with E-state index in [1.807, 2.05) is 26.0 Å². The van der Waals surface area contributed by atoms with E-state index in [0.717, 1.165) is 38.0 Å². The van der Waals surface area contributed by atoms with Crippen molar-refractivity contribution in [2.24, 2.45) is 5.92 Å². The first-order valence-electron chi connectivity index (χ1n) is 8.73. The van der Waals surface area contributed by atoms with Crippen molar-refractivity contribution in [1.82, 2.24) is 10.2 Å². The number of aromatic nitrogens is 2. The van der Waals surface area contributed by atoms with Crippen LogP contribution in [0.2, 0.25) is 0 Å². The molecular formula is C19H24N4O. The highest BCUT2D eigenvalue weighted by Gasteiger charge is 2.19. The molecule has 24 heavy (non-hydrogen) atoms. The molecule has 0 spiro atoms. The number of carbonyl (C=O) groups is 1. The number of aryl methyl sites for hydroxylation is 1. The van der Waals surface area contributed by atoms with Gasteiger partial charge in [0.1, 0.15) is 0 Å². The average Bonchev–Trinajstić information content (AvgIpc) is 2.63. The minimum atomic E-state index is 0.0189. The van der Waals surface area contributed by atoms with E-state index in [1.165, 1.54) is 11.3 Å². The van der Waals surface area contributed by atoms with Gasteiger partial charge in [-0.3, -0.25) is 4.79 Å². The van der Waals surface area contributed by atoms with E-state index in [-0.39, 0.29) is 11.8 Å². The second-order valence-electron chi connectivity index (χ2n) is 6.16. The van der Waals surface area contributed by atoms with Gasteiger partial charge < -0.3 is 10.2 Å². The average molecular weight is 324 g/mol. The number of fused-ring (bicyclic) bond motifs is 1. The van der Waals surface area contributed by atoms with Crippen molar-refractivity contribution >= 4 is 23.2 Å². The van der Waals surface area contributed by atoms with Gasteiger partial charge in [-0.2, -0.15) is 0 Å². The number of anilines is 3. The number of nitrogens with one attached hydrogen (secondary N) is 1. The predicted octanol–water partition coefficient (Wildman–Crippen LogP) is 3.94. The predicted molar refractivity (Wildman–Crippen MR) is 96.5 cm³/mol. The molecule has 0 unspecified atom stereocenters. The lowest BCUT2D eigenvalue weighted by molar-refractivity contribution is -0.120. The highest BCUT2D eigenvalue weighted by molar-refractivity contribution is 5.91. The molecule has 0 saturated carbocycles. The summed E-state index contributed by atoms with van der Waals surface area (Å²) in [6.07, 6.45) is 3.87. The summed E-state index contributed by atoms with van der Waals surface area (Å²) in [5.41, 5.74) is 2.54. The second kappa shape index (κ2) is 7.43. The van der Waals surface area contributed by atoms with Crippen LogP contribution in [-0.4, -0.2) is 22.6 Å². The monoisotopic (exact) mass is 324 g/mol. The van der Waals surface area contributed by atoms with Crippen LogP contribution in [0, 0.1) is 5.92 Å². The van der Waals surface area contributed by atoms with Crippen LogP contribution in [-0.2, 0) is 11.2 Å². The zero-order chi connectivity index (χ0) is 16.9. The molecule has 1 aromatic carbocycles. The lowest BCUT2D eigenvalue weighted by Gasteiger charge is -2.30. The number of para-hydroxylation sites is 1. The van der Waals surface area contributed by atoms with E-state index in [2.05, 4.69) is 44.7 Å². The van der Waals surface area contributed by atoms with Crippen molar-refractivity contribution in [3.63, 3.8) is 0 Å². The van der Waals surface area contributed by atoms with Gasteiger partial charge in [-0.25, -0.2) is 0 Å². The van der Waals surface area contributed by atoms with Crippen molar-refractivity contribution < 1.29 is 4.79 Å². The molecule has 3 rings (SSSR count). The lowest BCUT2D eigenvalue weighted by Crippen LogP contribution is -2.26. The molecule has 2 aromatic rings. The summed E-state index contributed by atoms with van der Waals surface area (Å²) in [7, 11) is 0. The Balaban J connectivity index is 1.75. The normalized spacial score (nSPS) is 13.7. The summed E-state index contributed by atoms with van der Waals surface area (Å²) in [6.45, 7) is 4.98. The quantitative estimate of drug-likeness (QED) is 0.905. The van der Waals surface area contributed by atoms with Crippen LogP contribution in [0.5, 0.6) is 0 Å². The number of amides is 1. The first kappa shape index (κ1) is 16.4. The van der Waals surface area contributed by atoms with Crippen molar-refractivity contribution in [2.75, 3.05) is 16.8 Å². The molecule has 0 aliphatic carbocycles. The minimum Gasteiger partial charge on any atom is -0.325 e. The van der Waals surface area contributed by atoms with Gasteiger partial charge in [-0.1, -0.05) is 32.0 Å². The lowest BCUT2D eigenvalue weighted by atomic mass is 10.0. The number of rotatable bonds is 5. The first-order chi connectivity index (χ1) is 11.7. The van der Waals surface area contributed by atoms with Crippen molar-refractivity contribution in [2.45, 2.75) is 39.5 Å². The molecule has 1 aromatic heterocycles. The molecule has 126 valence electrons. The molecule has 1 aliphatic heterocycles. The molecule has 1 N–H and O–H groups in total. The van der Waals surface area contributed by atoms with Crippen LogP contribution in [0.15, 0.2) is 36.4 Å².